The summed E-state index contributed by atoms with van der Waals surface area (Å²) in [6.07, 6.45) is 1.88. The molecule has 0 saturated carbocycles. The van der Waals surface area contributed by atoms with E-state index in [4.69, 9.17) is 4.74 Å². The first kappa shape index (κ1) is 16.3. The van der Waals surface area contributed by atoms with Crippen LogP contribution in [0.2, 0.25) is 0 Å². The van der Waals surface area contributed by atoms with Gasteiger partial charge in [-0.1, -0.05) is 12.1 Å². The Morgan fingerprint density at radius 1 is 1.27 bits per heavy atom. The molecule has 6 heteroatoms. The van der Waals surface area contributed by atoms with Crippen LogP contribution in [0.1, 0.15) is 18.4 Å². The predicted octanol–water partition coefficient (Wildman–Crippen LogP) is 0.427. The minimum absolute atomic E-state index is 0.0193. The summed E-state index contributed by atoms with van der Waals surface area (Å²) < 4.78 is 5.08. The number of amides is 2. The molecule has 0 spiro atoms. The normalized spacial score (nSPS) is 17.6. The zero-order valence-electron chi connectivity index (χ0n) is 12.9. The average Bonchev–Trinajstić information content (AvgIpc) is 2.59. The van der Waals surface area contributed by atoms with Crippen molar-refractivity contribution in [3.05, 3.63) is 29.8 Å². The summed E-state index contributed by atoms with van der Waals surface area (Å²) in [5, 5.41) is 8.67. The van der Waals surface area contributed by atoms with Crippen LogP contribution in [0.15, 0.2) is 24.3 Å². The van der Waals surface area contributed by atoms with Gasteiger partial charge in [-0.3, -0.25) is 9.59 Å². The Morgan fingerprint density at radius 3 is 2.68 bits per heavy atom. The van der Waals surface area contributed by atoms with E-state index >= 15 is 0 Å². The van der Waals surface area contributed by atoms with Gasteiger partial charge in [0.2, 0.25) is 11.8 Å². The molecule has 22 heavy (non-hydrogen) atoms. The number of carbonyl (C=O) groups excluding carboxylic acids is 2. The fraction of sp³-hybridized carbons (Fsp3) is 0.500. The maximum atomic E-state index is 11.9. The molecule has 2 rings (SSSR count). The minimum atomic E-state index is -0.187. The highest BCUT2D eigenvalue weighted by atomic mass is 16.5. The lowest BCUT2D eigenvalue weighted by Gasteiger charge is -2.21. The van der Waals surface area contributed by atoms with E-state index < -0.39 is 0 Å². The first-order valence-corrected chi connectivity index (χ1v) is 7.57. The summed E-state index contributed by atoms with van der Waals surface area (Å²) in [6, 6.07) is 7.48. The second-order valence-electron chi connectivity index (χ2n) is 5.39. The molecule has 0 bridgehead atoms. The van der Waals surface area contributed by atoms with Crippen molar-refractivity contribution in [3.63, 3.8) is 0 Å². The van der Waals surface area contributed by atoms with Gasteiger partial charge in [0.25, 0.3) is 0 Å². The number of ether oxygens (including phenoxy) is 1. The van der Waals surface area contributed by atoms with Crippen LogP contribution < -0.4 is 20.7 Å². The Balaban J connectivity index is 1.67. The molecule has 1 fully saturated rings. The number of methoxy groups -OCH3 is 1. The molecule has 1 heterocycles. The van der Waals surface area contributed by atoms with E-state index in [-0.39, 0.29) is 24.3 Å². The molecular formula is C16H23N3O3. The van der Waals surface area contributed by atoms with Gasteiger partial charge >= 0.3 is 0 Å². The minimum Gasteiger partial charge on any atom is -0.497 e. The third kappa shape index (κ3) is 5.04. The Kier molecular flexibility index (Phi) is 6.21. The highest BCUT2D eigenvalue weighted by molar-refractivity contribution is 5.85. The highest BCUT2D eigenvalue weighted by Crippen LogP contribution is 2.11. The highest BCUT2D eigenvalue weighted by Gasteiger charge is 2.20. The molecule has 3 N–H and O–H groups in total. The third-order valence-corrected chi connectivity index (χ3v) is 3.74. The Hall–Kier alpha value is -2.08. The van der Waals surface area contributed by atoms with E-state index in [1.54, 1.807) is 7.11 Å². The van der Waals surface area contributed by atoms with Gasteiger partial charge < -0.3 is 20.7 Å². The van der Waals surface area contributed by atoms with Gasteiger partial charge in [0, 0.05) is 13.1 Å². The van der Waals surface area contributed by atoms with Crippen LogP contribution in [0.25, 0.3) is 0 Å². The van der Waals surface area contributed by atoms with Crippen molar-refractivity contribution >= 4 is 11.8 Å². The van der Waals surface area contributed by atoms with Crippen LogP contribution >= 0.6 is 0 Å². The first-order valence-electron chi connectivity index (χ1n) is 7.57. The second kappa shape index (κ2) is 8.38. The molecule has 1 aliphatic rings. The van der Waals surface area contributed by atoms with Gasteiger partial charge in [0.1, 0.15) is 5.75 Å². The summed E-state index contributed by atoms with van der Waals surface area (Å²) in [7, 11) is 1.61. The zero-order chi connectivity index (χ0) is 15.8. The molecule has 1 aromatic rings. The van der Waals surface area contributed by atoms with Crippen molar-refractivity contribution < 1.29 is 14.3 Å². The molecule has 0 radical (unpaired) electrons. The molecule has 0 aliphatic carbocycles. The summed E-state index contributed by atoms with van der Waals surface area (Å²) in [4.78, 5) is 23.7. The Labute approximate surface area is 130 Å². The maximum absolute atomic E-state index is 11.9. The van der Waals surface area contributed by atoms with E-state index in [1.165, 1.54) is 0 Å². The maximum Gasteiger partial charge on any atom is 0.239 e. The average molecular weight is 305 g/mol. The molecule has 1 unspecified atom stereocenters. The molecule has 1 aromatic carbocycles. The molecule has 6 nitrogen and oxygen atoms in total. The Morgan fingerprint density at radius 2 is 2.05 bits per heavy atom. The number of piperidine rings is 1. The van der Waals surface area contributed by atoms with Crippen LogP contribution in [0, 0.1) is 5.92 Å². The topological polar surface area (TPSA) is 79.5 Å². The van der Waals surface area contributed by atoms with Crippen molar-refractivity contribution in [1.29, 1.82) is 0 Å². The van der Waals surface area contributed by atoms with Gasteiger partial charge in [-0.25, -0.2) is 0 Å². The van der Waals surface area contributed by atoms with Crippen LogP contribution in [-0.2, 0) is 16.1 Å². The van der Waals surface area contributed by atoms with Gasteiger partial charge in [0.05, 0.1) is 19.6 Å². The second-order valence-corrected chi connectivity index (χ2v) is 5.39. The summed E-state index contributed by atoms with van der Waals surface area (Å²) in [5.74, 6) is 0.520. The lowest BCUT2D eigenvalue weighted by molar-refractivity contribution is -0.129. The van der Waals surface area contributed by atoms with Crippen molar-refractivity contribution in [3.8, 4) is 5.75 Å². The monoisotopic (exact) mass is 305 g/mol. The van der Waals surface area contributed by atoms with Gasteiger partial charge in [-0.2, -0.15) is 0 Å². The SMILES string of the molecule is COc1ccc(CNC(=O)CNC(=O)C2CCCNC2)cc1. The molecular weight excluding hydrogens is 282 g/mol. The number of carbonyl (C=O) groups is 2. The number of rotatable bonds is 6. The number of hydrogen-bond acceptors (Lipinski definition) is 4. The quantitative estimate of drug-likeness (QED) is 0.712. The molecule has 2 amide bonds. The largest absolute Gasteiger partial charge is 0.497 e. The van der Waals surface area contributed by atoms with Gasteiger partial charge in [-0.05, 0) is 37.1 Å². The standard InChI is InChI=1S/C16H23N3O3/c1-22-14-6-4-12(5-7-14)9-18-15(20)11-19-16(21)13-3-2-8-17-10-13/h4-7,13,17H,2-3,8-11H2,1H3,(H,18,20)(H,19,21). The smallest absolute Gasteiger partial charge is 0.239 e. The fourth-order valence-corrected chi connectivity index (χ4v) is 2.39. The summed E-state index contributed by atoms with van der Waals surface area (Å²) in [6.45, 7) is 2.11. The van der Waals surface area contributed by atoms with Crippen molar-refractivity contribution in [2.45, 2.75) is 19.4 Å². The molecule has 0 aromatic heterocycles. The van der Waals surface area contributed by atoms with E-state index in [0.717, 1.165) is 30.7 Å². The van der Waals surface area contributed by atoms with E-state index in [1.807, 2.05) is 24.3 Å². The molecule has 1 atom stereocenters. The Bertz CT molecular complexity index is 496. The first-order chi connectivity index (χ1) is 10.7. The third-order valence-electron chi connectivity index (χ3n) is 3.74. The van der Waals surface area contributed by atoms with Crippen LogP contribution in [0.3, 0.4) is 0 Å². The molecule has 1 saturated heterocycles. The van der Waals surface area contributed by atoms with Crippen LogP contribution in [0.5, 0.6) is 5.75 Å². The molecule has 1 aliphatic heterocycles. The number of hydrogen-bond donors (Lipinski definition) is 3. The van der Waals surface area contributed by atoms with E-state index in [0.29, 0.717) is 13.1 Å². The zero-order valence-corrected chi connectivity index (χ0v) is 12.9. The fourth-order valence-electron chi connectivity index (χ4n) is 2.39. The van der Waals surface area contributed by atoms with Gasteiger partial charge in [0.15, 0.2) is 0 Å². The van der Waals surface area contributed by atoms with Crippen molar-refractivity contribution in [2.24, 2.45) is 5.92 Å². The van der Waals surface area contributed by atoms with Crippen LogP contribution in [-0.4, -0.2) is 38.6 Å². The lowest BCUT2D eigenvalue weighted by atomic mass is 9.99. The number of nitrogens with one attached hydrogen (secondary N) is 3. The van der Waals surface area contributed by atoms with E-state index in [9.17, 15) is 9.59 Å². The molecule has 120 valence electrons. The lowest BCUT2D eigenvalue weighted by Crippen LogP contribution is -2.44. The summed E-state index contributed by atoms with van der Waals surface area (Å²) >= 11 is 0. The van der Waals surface area contributed by atoms with Crippen molar-refractivity contribution in [2.75, 3.05) is 26.7 Å². The number of benzene rings is 1. The van der Waals surface area contributed by atoms with Crippen molar-refractivity contribution in [1.82, 2.24) is 16.0 Å². The summed E-state index contributed by atoms with van der Waals surface area (Å²) in [5.41, 5.74) is 0.983. The predicted molar refractivity (Wildman–Crippen MR) is 83.4 cm³/mol. The van der Waals surface area contributed by atoms with Gasteiger partial charge in [-0.15, -0.1) is 0 Å². The van der Waals surface area contributed by atoms with Crippen LogP contribution in [0.4, 0.5) is 0 Å². The van der Waals surface area contributed by atoms with E-state index in [2.05, 4.69) is 16.0 Å².